The first-order chi connectivity index (χ1) is 11.2. The van der Waals surface area contributed by atoms with Crippen molar-refractivity contribution in [2.75, 3.05) is 14.2 Å². The predicted octanol–water partition coefficient (Wildman–Crippen LogP) is 2.18. The van der Waals surface area contributed by atoms with E-state index in [0.717, 1.165) is 29.8 Å². The SMILES string of the molecule is COc1ccc(C(=O)N/N=C2\CCc3cccnc32)cc1OC. The molecular formula is C17H17N3O3. The summed E-state index contributed by atoms with van der Waals surface area (Å²) in [5.74, 6) is 0.771. The Kier molecular flexibility index (Phi) is 4.23. The molecule has 0 aliphatic heterocycles. The normalized spacial score (nSPS) is 14.4. The van der Waals surface area contributed by atoms with Crippen LogP contribution in [0.25, 0.3) is 0 Å². The van der Waals surface area contributed by atoms with E-state index < -0.39 is 0 Å². The number of aryl methyl sites for hydroxylation is 1. The monoisotopic (exact) mass is 311 g/mol. The van der Waals surface area contributed by atoms with Crippen LogP contribution in [0.2, 0.25) is 0 Å². The van der Waals surface area contributed by atoms with E-state index in [-0.39, 0.29) is 5.91 Å². The number of methoxy groups -OCH3 is 2. The van der Waals surface area contributed by atoms with Crippen molar-refractivity contribution in [2.24, 2.45) is 5.10 Å². The predicted molar refractivity (Wildman–Crippen MR) is 86.1 cm³/mol. The van der Waals surface area contributed by atoms with Gasteiger partial charge in [-0.2, -0.15) is 5.10 Å². The van der Waals surface area contributed by atoms with Gasteiger partial charge in [0.2, 0.25) is 0 Å². The van der Waals surface area contributed by atoms with Gasteiger partial charge >= 0.3 is 0 Å². The minimum atomic E-state index is -0.303. The number of carbonyl (C=O) groups excluding carboxylic acids is 1. The van der Waals surface area contributed by atoms with Gasteiger partial charge in [0, 0.05) is 11.8 Å². The fraction of sp³-hybridized carbons (Fsp3) is 0.235. The summed E-state index contributed by atoms with van der Waals surface area (Å²) >= 11 is 0. The van der Waals surface area contributed by atoms with Crippen LogP contribution in [0.1, 0.15) is 28.0 Å². The van der Waals surface area contributed by atoms with Crippen molar-refractivity contribution in [1.29, 1.82) is 0 Å². The maximum atomic E-state index is 12.2. The molecule has 23 heavy (non-hydrogen) atoms. The summed E-state index contributed by atoms with van der Waals surface area (Å²) in [6, 6.07) is 8.91. The molecule has 6 nitrogen and oxygen atoms in total. The molecule has 1 N–H and O–H groups in total. The number of benzene rings is 1. The molecule has 0 spiro atoms. The molecule has 6 heteroatoms. The van der Waals surface area contributed by atoms with E-state index in [1.54, 1.807) is 31.5 Å². The van der Waals surface area contributed by atoms with Crippen LogP contribution >= 0.6 is 0 Å². The van der Waals surface area contributed by atoms with Gasteiger partial charge in [-0.15, -0.1) is 0 Å². The zero-order valence-corrected chi connectivity index (χ0v) is 13.0. The maximum absolute atomic E-state index is 12.2. The highest BCUT2D eigenvalue weighted by Crippen LogP contribution is 2.27. The van der Waals surface area contributed by atoms with E-state index in [9.17, 15) is 4.79 Å². The molecule has 0 saturated heterocycles. The number of aromatic nitrogens is 1. The second-order valence-corrected chi connectivity index (χ2v) is 5.08. The topological polar surface area (TPSA) is 72.8 Å². The Morgan fingerprint density at radius 2 is 2.00 bits per heavy atom. The summed E-state index contributed by atoms with van der Waals surface area (Å²) < 4.78 is 10.4. The highest BCUT2D eigenvalue weighted by molar-refractivity contribution is 6.04. The Balaban J connectivity index is 1.77. The van der Waals surface area contributed by atoms with Gasteiger partial charge in [0.1, 0.15) is 0 Å². The largest absolute Gasteiger partial charge is 0.493 e. The minimum Gasteiger partial charge on any atom is -0.493 e. The number of hydrogen-bond acceptors (Lipinski definition) is 5. The van der Waals surface area contributed by atoms with E-state index in [0.29, 0.717) is 17.1 Å². The van der Waals surface area contributed by atoms with Gasteiger partial charge in [-0.25, -0.2) is 5.43 Å². The summed E-state index contributed by atoms with van der Waals surface area (Å²) in [6.07, 6.45) is 3.41. The molecule has 1 heterocycles. The van der Waals surface area contributed by atoms with Gasteiger partial charge in [-0.05, 0) is 42.7 Å². The average molecular weight is 311 g/mol. The molecule has 1 aliphatic carbocycles. The molecule has 0 fully saturated rings. The summed E-state index contributed by atoms with van der Waals surface area (Å²) in [4.78, 5) is 16.6. The number of nitrogens with one attached hydrogen (secondary N) is 1. The van der Waals surface area contributed by atoms with Gasteiger partial charge in [-0.1, -0.05) is 6.07 Å². The molecule has 0 atom stereocenters. The van der Waals surface area contributed by atoms with Crippen LogP contribution in [-0.4, -0.2) is 30.8 Å². The molecule has 3 rings (SSSR count). The lowest BCUT2D eigenvalue weighted by Crippen LogP contribution is -2.19. The Morgan fingerprint density at radius 3 is 2.78 bits per heavy atom. The first-order valence-corrected chi connectivity index (χ1v) is 7.26. The lowest BCUT2D eigenvalue weighted by Gasteiger charge is -2.09. The van der Waals surface area contributed by atoms with Gasteiger partial charge in [0.05, 0.1) is 25.6 Å². The molecule has 0 bridgehead atoms. The number of carbonyl (C=O) groups is 1. The summed E-state index contributed by atoms with van der Waals surface area (Å²) in [5.41, 5.74) is 5.85. The molecule has 1 aliphatic rings. The molecule has 1 aromatic heterocycles. The third-order valence-electron chi connectivity index (χ3n) is 3.73. The Bertz CT molecular complexity index is 771. The van der Waals surface area contributed by atoms with Crippen molar-refractivity contribution in [3.63, 3.8) is 0 Å². The molecule has 1 aromatic carbocycles. The standard InChI is InChI=1S/C17H17N3O3/c1-22-14-8-6-12(10-15(14)23-2)17(21)20-19-13-7-5-11-4-3-9-18-16(11)13/h3-4,6,8-10H,5,7H2,1-2H3,(H,20,21)/b19-13+. The molecule has 1 amide bonds. The van der Waals surface area contributed by atoms with E-state index in [1.807, 2.05) is 12.1 Å². The second kappa shape index (κ2) is 6.48. The molecule has 118 valence electrons. The van der Waals surface area contributed by atoms with Gasteiger partial charge in [0.25, 0.3) is 5.91 Å². The molecule has 0 radical (unpaired) electrons. The fourth-order valence-corrected chi connectivity index (χ4v) is 2.54. The molecule has 2 aromatic rings. The van der Waals surface area contributed by atoms with Crippen LogP contribution in [0.4, 0.5) is 0 Å². The molecular weight excluding hydrogens is 294 g/mol. The number of amides is 1. The van der Waals surface area contributed by atoms with Crippen LogP contribution in [0.5, 0.6) is 11.5 Å². The van der Waals surface area contributed by atoms with Crippen molar-refractivity contribution in [2.45, 2.75) is 12.8 Å². The number of pyridine rings is 1. The summed E-state index contributed by atoms with van der Waals surface area (Å²) in [5, 5.41) is 4.22. The van der Waals surface area contributed by atoms with Crippen LogP contribution in [0.3, 0.4) is 0 Å². The van der Waals surface area contributed by atoms with E-state index >= 15 is 0 Å². The van der Waals surface area contributed by atoms with E-state index in [2.05, 4.69) is 15.5 Å². The number of fused-ring (bicyclic) bond motifs is 1. The quantitative estimate of drug-likeness (QED) is 0.878. The lowest BCUT2D eigenvalue weighted by atomic mass is 10.2. The third kappa shape index (κ3) is 3.01. The minimum absolute atomic E-state index is 0.303. The van der Waals surface area contributed by atoms with Crippen molar-refractivity contribution in [1.82, 2.24) is 10.4 Å². The van der Waals surface area contributed by atoms with E-state index in [1.165, 1.54) is 7.11 Å². The Hall–Kier alpha value is -2.89. The van der Waals surface area contributed by atoms with Gasteiger partial charge in [-0.3, -0.25) is 9.78 Å². The maximum Gasteiger partial charge on any atom is 0.271 e. The summed E-state index contributed by atoms with van der Waals surface area (Å²) in [6.45, 7) is 0. The third-order valence-corrected chi connectivity index (χ3v) is 3.73. The number of rotatable bonds is 4. The smallest absolute Gasteiger partial charge is 0.271 e. The highest BCUT2D eigenvalue weighted by atomic mass is 16.5. The number of nitrogens with zero attached hydrogens (tertiary/aromatic N) is 2. The fourth-order valence-electron chi connectivity index (χ4n) is 2.54. The first-order valence-electron chi connectivity index (χ1n) is 7.26. The lowest BCUT2D eigenvalue weighted by molar-refractivity contribution is 0.0954. The van der Waals surface area contributed by atoms with Crippen molar-refractivity contribution >= 4 is 11.6 Å². The van der Waals surface area contributed by atoms with Crippen LogP contribution in [0, 0.1) is 0 Å². The van der Waals surface area contributed by atoms with Crippen molar-refractivity contribution < 1.29 is 14.3 Å². The van der Waals surface area contributed by atoms with Crippen molar-refractivity contribution in [3.8, 4) is 11.5 Å². The zero-order valence-electron chi connectivity index (χ0n) is 13.0. The zero-order chi connectivity index (χ0) is 16.2. The highest BCUT2D eigenvalue weighted by Gasteiger charge is 2.19. The number of hydrogen-bond donors (Lipinski definition) is 1. The molecule has 0 unspecified atom stereocenters. The second-order valence-electron chi connectivity index (χ2n) is 5.08. The van der Waals surface area contributed by atoms with Crippen LogP contribution in [-0.2, 0) is 6.42 Å². The first kappa shape index (κ1) is 15.0. The number of hydrazone groups is 1. The average Bonchev–Trinajstić information content (AvgIpc) is 3.02. The Morgan fingerprint density at radius 1 is 1.17 bits per heavy atom. The van der Waals surface area contributed by atoms with Crippen LogP contribution in [0.15, 0.2) is 41.6 Å². The van der Waals surface area contributed by atoms with Gasteiger partial charge < -0.3 is 9.47 Å². The van der Waals surface area contributed by atoms with Crippen molar-refractivity contribution in [3.05, 3.63) is 53.3 Å². The summed E-state index contributed by atoms with van der Waals surface area (Å²) in [7, 11) is 3.08. The Labute approximate surface area is 134 Å². The molecule has 0 saturated carbocycles. The number of ether oxygens (including phenoxy) is 2. The van der Waals surface area contributed by atoms with E-state index in [4.69, 9.17) is 9.47 Å². The van der Waals surface area contributed by atoms with Gasteiger partial charge in [0.15, 0.2) is 11.5 Å². The van der Waals surface area contributed by atoms with Crippen LogP contribution < -0.4 is 14.9 Å².